The van der Waals surface area contributed by atoms with Crippen molar-refractivity contribution >= 4 is 5.82 Å². The van der Waals surface area contributed by atoms with Crippen molar-refractivity contribution in [2.24, 2.45) is 0 Å². The molecule has 1 saturated heterocycles. The highest BCUT2D eigenvalue weighted by Crippen LogP contribution is 2.39. The van der Waals surface area contributed by atoms with E-state index in [1.54, 1.807) is 0 Å². The Bertz CT molecular complexity index is 597. The molecule has 1 aliphatic rings. The van der Waals surface area contributed by atoms with Crippen LogP contribution in [0, 0.1) is 0 Å². The number of ether oxygens (including phenoxy) is 1. The molecule has 0 aliphatic carbocycles. The maximum Gasteiger partial charge on any atom is 0.351 e. The van der Waals surface area contributed by atoms with E-state index in [0.29, 0.717) is 4.57 Å². The van der Waals surface area contributed by atoms with Crippen LogP contribution in [0.5, 0.6) is 0 Å². The van der Waals surface area contributed by atoms with Crippen molar-refractivity contribution in [3.8, 4) is 0 Å². The monoisotopic (exact) mass is 323 g/mol. The first kappa shape index (κ1) is 16.7. The molecule has 22 heavy (non-hydrogen) atoms. The van der Waals surface area contributed by atoms with Gasteiger partial charge in [-0.1, -0.05) is 0 Å². The van der Waals surface area contributed by atoms with Crippen LogP contribution in [-0.2, 0) is 4.74 Å². The molecule has 1 aromatic rings. The number of nitrogen functional groups attached to an aromatic ring is 1. The van der Waals surface area contributed by atoms with Gasteiger partial charge in [-0.15, -0.1) is 0 Å². The molecule has 0 unspecified atom stereocenters. The highest BCUT2D eigenvalue weighted by atomic mass is 19.3. The van der Waals surface area contributed by atoms with E-state index in [9.17, 15) is 28.9 Å². The van der Waals surface area contributed by atoms with Gasteiger partial charge in [0.1, 0.15) is 24.1 Å². The predicted octanol–water partition coefficient (Wildman–Crippen LogP) is -2.57. The van der Waals surface area contributed by atoms with Gasteiger partial charge in [-0.25, -0.2) is 4.79 Å². The molecule has 0 aromatic carbocycles. The summed E-state index contributed by atoms with van der Waals surface area (Å²) < 4.78 is 33.8. The van der Waals surface area contributed by atoms with Gasteiger partial charge in [0.2, 0.25) is 6.23 Å². The minimum atomic E-state index is -4.15. The number of alkyl halides is 2. The molecule has 0 spiro atoms. The maximum atomic E-state index is 14.3. The number of nitrogens with zero attached hydrogens (tertiary/aromatic N) is 2. The number of anilines is 1. The summed E-state index contributed by atoms with van der Waals surface area (Å²) >= 11 is 0. The zero-order valence-electron chi connectivity index (χ0n) is 11.1. The van der Waals surface area contributed by atoms with Crippen molar-refractivity contribution in [3.63, 3.8) is 0 Å². The van der Waals surface area contributed by atoms with Crippen LogP contribution in [0.3, 0.4) is 0 Å². The fourth-order valence-electron chi connectivity index (χ4n) is 2.12. The molecular formula is C11H15F2N3O6. The van der Waals surface area contributed by atoms with Crippen LogP contribution in [0.25, 0.3) is 0 Å². The molecule has 0 radical (unpaired) electrons. The van der Waals surface area contributed by atoms with Crippen molar-refractivity contribution in [2.45, 2.75) is 36.6 Å². The Kier molecular flexibility index (Phi) is 4.44. The number of aliphatic hydroxyl groups is 4. The van der Waals surface area contributed by atoms with Crippen molar-refractivity contribution in [2.75, 3.05) is 12.3 Å². The second-order valence-corrected chi connectivity index (χ2v) is 4.85. The fraction of sp³-hybridized carbons (Fsp3) is 0.636. The van der Waals surface area contributed by atoms with Crippen LogP contribution in [-0.4, -0.2) is 66.9 Å². The zero-order valence-corrected chi connectivity index (χ0v) is 11.1. The normalized spacial score (nSPS) is 35.1. The lowest BCUT2D eigenvalue weighted by Gasteiger charge is -2.30. The number of rotatable bonds is 2. The van der Waals surface area contributed by atoms with Crippen molar-refractivity contribution in [1.29, 1.82) is 0 Å². The summed E-state index contributed by atoms with van der Waals surface area (Å²) in [5.41, 5.74) is 4.08. The Morgan fingerprint density at radius 1 is 1.36 bits per heavy atom. The second-order valence-electron chi connectivity index (χ2n) is 4.85. The molecule has 11 heteroatoms. The third-order valence-corrected chi connectivity index (χ3v) is 3.37. The molecule has 1 aliphatic heterocycles. The lowest BCUT2D eigenvalue weighted by molar-refractivity contribution is -0.233. The van der Waals surface area contributed by atoms with E-state index in [4.69, 9.17) is 15.6 Å². The van der Waals surface area contributed by atoms with E-state index in [-0.39, 0.29) is 5.82 Å². The maximum absolute atomic E-state index is 14.3. The molecule has 1 aromatic heterocycles. The van der Waals surface area contributed by atoms with Crippen LogP contribution >= 0.6 is 0 Å². The first-order valence-corrected chi connectivity index (χ1v) is 6.23. The molecule has 2 heterocycles. The van der Waals surface area contributed by atoms with E-state index in [2.05, 4.69) is 4.98 Å². The molecule has 5 atom stereocenters. The van der Waals surface area contributed by atoms with E-state index in [1.807, 2.05) is 0 Å². The summed E-state index contributed by atoms with van der Waals surface area (Å²) in [6.07, 6.45) is -10.2. The molecule has 9 nitrogen and oxygen atoms in total. The van der Waals surface area contributed by atoms with Gasteiger partial charge >= 0.3 is 11.6 Å². The largest absolute Gasteiger partial charge is 0.394 e. The van der Waals surface area contributed by atoms with Crippen molar-refractivity contribution < 1.29 is 33.9 Å². The van der Waals surface area contributed by atoms with Crippen LogP contribution in [0.4, 0.5) is 14.6 Å². The highest BCUT2D eigenvalue weighted by molar-refractivity contribution is 5.23. The van der Waals surface area contributed by atoms with Crippen LogP contribution < -0.4 is 11.4 Å². The number of hydrogen-bond donors (Lipinski definition) is 5. The summed E-state index contributed by atoms with van der Waals surface area (Å²) in [7, 11) is 0. The van der Waals surface area contributed by atoms with Gasteiger partial charge in [-0.2, -0.15) is 13.8 Å². The molecule has 0 amide bonds. The van der Waals surface area contributed by atoms with E-state index < -0.39 is 48.9 Å². The zero-order chi connectivity index (χ0) is 16.7. The summed E-state index contributed by atoms with van der Waals surface area (Å²) in [5, 5.41) is 37.9. The molecular weight excluding hydrogens is 308 g/mol. The molecule has 6 N–H and O–H groups in total. The topological polar surface area (TPSA) is 151 Å². The quantitative estimate of drug-likeness (QED) is 0.398. The molecule has 2 rings (SSSR count). The number of halogens is 2. The van der Waals surface area contributed by atoms with Gasteiger partial charge in [0.05, 0.1) is 6.61 Å². The minimum Gasteiger partial charge on any atom is -0.394 e. The average Bonchev–Trinajstić information content (AvgIpc) is 2.51. The van der Waals surface area contributed by atoms with Gasteiger partial charge in [0.15, 0.2) is 6.10 Å². The first-order valence-electron chi connectivity index (χ1n) is 6.23. The minimum absolute atomic E-state index is 0.211. The third-order valence-electron chi connectivity index (χ3n) is 3.37. The van der Waals surface area contributed by atoms with Crippen molar-refractivity contribution in [1.82, 2.24) is 9.55 Å². The summed E-state index contributed by atoms with van der Waals surface area (Å²) in [6, 6.07) is 1.05. The Labute approximate surface area is 122 Å². The molecule has 1 fully saturated rings. The highest BCUT2D eigenvalue weighted by Gasteiger charge is 2.57. The fourth-order valence-corrected chi connectivity index (χ4v) is 2.12. The van der Waals surface area contributed by atoms with Crippen LogP contribution in [0.15, 0.2) is 17.1 Å². The van der Waals surface area contributed by atoms with Gasteiger partial charge in [-0.3, -0.25) is 4.57 Å². The van der Waals surface area contributed by atoms with Gasteiger partial charge in [-0.05, 0) is 6.07 Å². The lowest BCUT2D eigenvalue weighted by Crippen LogP contribution is -2.51. The van der Waals surface area contributed by atoms with Gasteiger partial charge < -0.3 is 30.9 Å². The lowest BCUT2D eigenvalue weighted by atomic mass is 10.00. The number of hydrogen-bond acceptors (Lipinski definition) is 8. The first-order chi connectivity index (χ1) is 10.2. The van der Waals surface area contributed by atoms with E-state index in [0.717, 1.165) is 12.3 Å². The van der Waals surface area contributed by atoms with Crippen LogP contribution in [0.2, 0.25) is 0 Å². The Morgan fingerprint density at radius 2 is 2.00 bits per heavy atom. The Balaban J connectivity index is 2.53. The number of aromatic nitrogens is 2. The SMILES string of the molecule is Nc1ccn([C@@H]2O[C@H](CO)[C@@H](O)[C@H](O)[C@@H](O)C2(F)F)c(=O)n1. The summed E-state index contributed by atoms with van der Waals surface area (Å²) in [5.74, 6) is -4.36. The predicted molar refractivity (Wildman–Crippen MR) is 66.9 cm³/mol. The third kappa shape index (κ3) is 2.68. The second kappa shape index (κ2) is 5.85. The van der Waals surface area contributed by atoms with E-state index >= 15 is 0 Å². The van der Waals surface area contributed by atoms with E-state index in [1.165, 1.54) is 0 Å². The van der Waals surface area contributed by atoms with Crippen molar-refractivity contribution in [3.05, 3.63) is 22.7 Å². The van der Waals surface area contributed by atoms with Crippen LogP contribution in [0.1, 0.15) is 6.23 Å². The molecule has 124 valence electrons. The average molecular weight is 323 g/mol. The Morgan fingerprint density at radius 3 is 2.55 bits per heavy atom. The standard InChI is InChI=1S/C11H15F2N3O6/c12-11(13)8(20)7(19)6(18)4(3-17)22-9(11)16-2-1-5(14)15-10(16)21/h1-2,4,6-9,17-20H,3H2,(H2,14,15,21)/t4-,6-,7+,8-,9-/m1/s1. The van der Waals surface area contributed by atoms with Gasteiger partial charge in [0.25, 0.3) is 0 Å². The molecule has 0 saturated carbocycles. The molecule has 0 bridgehead atoms. The smallest absolute Gasteiger partial charge is 0.351 e. The number of nitrogens with two attached hydrogens (primary N) is 1. The Hall–Kier alpha value is -1.66. The summed E-state index contributed by atoms with van der Waals surface area (Å²) in [4.78, 5) is 15.0. The summed E-state index contributed by atoms with van der Waals surface area (Å²) in [6.45, 7) is -0.922. The van der Waals surface area contributed by atoms with Gasteiger partial charge in [0, 0.05) is 6.20 Å². The number of aliphatic hydroxyl groups excluding tert-OH is 4.